The number of anilines is 1. The van der Waals surface area contributed by atoms with Crippen LogP contribution in [-0.4, -0.2) is 48.2 Å². The molecule has 2 aromatic carbocycles. The van der Waals surface area contributed by atoms with Gasteiger partial charge in [-0.25, -0.2) is 4.79 Å². The van der Waals surface area contributed by atoms with E-state index in [1.54, 1.807) is 36.4 Å². The topological polar surface area (TPSA) is 122 Å². The summed E-state index contributed by atoms with van der Waals surface area (Å²) in [4.78, 5) is 36.1. The van der Waals surface area contributed by atoms with Crippen molar-refractivity contribution >= 4 is 34.4 Å². The number of nitrogens with one attached hydrogen (secondary N) is 3. The molecule has 2 amide bonds. The van der Waals surface area contributed by atoms with Gasteiger partial charge in [0.15, 0.2) is 12.3 Å². The second-order valence-corrected chi connectivity index (χ2v) is 6.22. The quantitative estimate of drug-likeness (QED) is 0.524. The molecule has 9 nitrogen and oxygen atoms in total. The van der Waals surface area contributed by atoms with Crippen molar-refractivity contribution < 1.29 is 23.9 Å². The van der Waals surface area contributed by atoms with Gasteiger partial charge in [-0.3, -0.25) is 14.7 Å². The summed E-state index contributed by atoms with van der Waals surface area (Å²) in [5.74, 6) is -1.27. The first-order valence-electron chi connectivity index (χ1n) is 8.79. The third-order valence-corrected chi connectivity index (χ3v) is 4.07. The molecule has 3 N–H and O–H groups in total. The number of aromatic nitrogens is 2. The summed E-state index contributed by atoms with van der Waals surface area (Å²) < 4.78 is 10.2. The Balaban J connectivity index is 1.48. The first kappa shape index (κ1) is 19.9. The van der Waals surface area contributed by atoms with E-state index in [9.17, 15) is 14.4 Å². The van der Waals surface area contributed by atoms with Crippen LogP contribution < -0.4 is 15.4 Å². The molecule has 0 aliphatic carbocycles. The number of methoxy groups -OCH3 is 1. The Morgan fingerprint density at radius 3 is 2.69 bits per heavy atom. The number of amides is 2. The number of ether oxygens (including phenoxy) is 2. The fourth-order valence-corrected chi connectivity index (χ4v) is 2.66. The van der Waals surface area contributed by atoms with Crippen molar-refractivity contribution in [1.82, 2.24) is 15.5 Å². The molecule has 0 fully saturated rings. The molecular formula is C20H20N4O5. The third kappa shape index (κ3) is 4.89. The van der Waals surface area contributed by atoms with E-state index in [1.165, 1.54) is 7.11 Å². The summed E-state index contributed by atoms with van der Waals surface area (Å²) in [6, 6.07) is 12.4. The Kier molecular flexibility index (Phi) is 6.08. The highest BCUT2D eigenvalue weighted by Gasteiger charge is 2.17. The maximum Gasteiger partial charge on any atom is 0.359 e. The number of carbonyl (C=O) groups is 3. The molecule has 0 spiro atoms. The second-order valence-electron chi connectivity index (χ2n) is 6.22. The van der Waals surface area contributed by atoms with Crippen molar-refractivity contribution in [2.24, 2.45) is 0 Å². The summed E-state index contributed by atoms with van der Waals surface area (Å²) in [5.41, 5.74) is 2.23. The molecule has 0 saturated carbocycles. The van der Waals surface area contributed by atoms with Crippen molar-refractivity contribution in [3.8, 4) is 5.75 Å². The molecule has 0 atom stereocenters. The van der Waals surface area contributed by atoms with Crippen LogP contribution in [0.3, 0.4) is 0 Å². The average molecular weight is 396 g/mol. The van der Waals surface area contributed by atoms with E-state index >= 15 is 0 Å². The lowest BCUT2D eigenvalue weighted by atomic mass is 10.2. The number of benzene rings is 2. The highest BCUT2D eigenvalue weighted by Crippen LogP contribution is 2.24. The molecule has 0 bridgehead atoms. The normalized spacial score (nSPS) is 10.4. The van der Waals surface area contributed by atoms with Crippen LogP contribution in [0.5, 0.6) is 5.75 Å². The number of H-pyrrole nitrogens is 1. The summed E-state index contributed by atoms with van der Waals surface area (Å²) >= 11 is 0. The van der Waals surface area contributed by atoms with E-state index in [0.717, 1.165) is 5.56 Å². The monoisotopic (exact) mass is 396 g/mol. The molecule has 0 saturated heterocycles. The number of hydrogen-bond acceptors (Lipinski definition) is 6. The number of nitrogens with zero attached hydrogens (tertiary/aromatic N) is 1. The van der Waals surface area contributed by atoms with Gasteiger partial charge in [-0.1, -0.05) is 24.3 Å². The van der Waals surface area contributed by atoms with Crippen molar-refractivity contribution in [3.05, 3.63) is 53.7 Å². The minimum absolute atomic E-state index is 0.0951. The van der Waals surface area contributed by atoms with Gasteiger partial charge in [0.2, 0.25) is 5.91 Å². The van der Waals surface area contributed by atoms with Gasteiger partial charge in [0.05, 0.1) is 24.9 Å². The molecule has 0 aliphatic rings. The zero-order chi connectivity index (χ0) is 20.8. The summed E-state index contributed by atoms with van der Waals surface area (Å²) in [5, 5.41) is 12.3. The minimum atomic E-state index is -0.730. The van der Waals surface area contributed by atoms with Crippen molar-refractivity contribution in [2.45, 2.75) is 6.92 Å². The van der Waals surface area contributed by atoms with Crippen LogP contribution in [-0.2, 0) is 14.3 Å². The predicted molar refractivity (Wildman–Crippen MR) is 106 cm³/mol. The van der Waals surface area contributed by atoms with Crippen LogP contribution in [0.2, 0.25) is 0 Å². The summed E-state index contributed by atoms with van der Waals surface area (Å²) in [6.07, 6.45) is 0. The Bertz CT molecular complexity index is 1060. The van der Waals surface area contributed by atoms with Crippen molar-refractivity contribution in [2.75, 3.05) is 25.6 Å². The third-order valence-electron chi connectivity index (χ3n) is 4.07. The first-order chi connectivity index (χ1) is 14.0. The summed E-state index contributed by atoms with van der Waals surface area (Å²) in [7, 11) is 1.50. The Morgan fingerprint density at radius 1 is 1.10 bits per heavy atom. The second kappa shape index (κ2) is 8.87. The number of esters is 1. The molecule has 0 aliphatic heterocycles. The van der Waals surface area contributed by atoms with Gasteiger partial charge in [-0.2, -0.15) is 5.10 Å². The van der Waals surface area contributed by atoms with E-state index in [-0.39, 0.29) is 12.2 Å². The van der Waals surface area contributed by atoms with Gasteiger partial charge in [-0.15, -0.1) is 0 Å². The lowest BCUT2D eigenvalue weighted by Crippen LogP contribution is -2.35. The van der Waals surface area contributed by atoms with Gasteiger partial charge in [0.1, 0.15) is 5.75 Å². The van der Waals surface area contributed by atoms with Gasteiger partial charge in [0.25, 0.3) is 5.91 Å². The molecule has 3 rings (SSSR count). The van der Waals surface area contributed by atoms with Crippen LogP contribution in [0.1, 0.15) is 16.1 Å². The first-order valence-corrected chi connectivity index (χ1v) is 8.79. The van der Waals surface area contributed by atoms with E-state index in [4.69, 9.17) is 9.47 Å². The highest BCUT2D eigenvalue weighted by molar-refractivity contribution is 6.02. The highest BCUT2D eigenvalue weighted by atomic mass is 16.5. The zero-order valence-corrected chi connectivity index (χ0v) is 15.9. The van der Waals surface area contributed by atoms with Crippen LogP contribution in [0.15, 0.2) is 42.5 Å². The zero-order valence-electron chi connectivity index (χ0n) is 15.9. The minimum Gasteiger partial charge on any atom is -0.495 e. The van der Waals surface area contributed by atoms with Crippen LogP contribution in [0.4, 0.5) is 5.69 Å². The largest absolute Gasteiger partial charge is 0.495 e. The number of carbonyl (C=O) groups excluding carboxylic acids is 3. The molecule has 3 aromatic rings. The van der Waals surface area contributed by atoms with Gasteiger partial charge in [-0.05, 0) is 30.7 Å². The number of aryl methyl sites for hydroxylation is 1. The molecule has 29 heavy (non-hydrogen) atoms. The van der Waals surface area contributed by atoms with Gasteiger partial charge >= 0.3 is 5.97 Å². The van der Waals surface area contributed by atoms with Crippen molar-refractivity contribution in [3.63, 3.8) is 0 Å². The molecule has 1 aromatic heterocycles. The van der Waals surface area contributed by atoms with Crippen LogP contribution in [0, 0.1) is 6.92 Å². The van der Waals surface area contributed by atoms with E-state index in [1.807, 2.05) is 13.0 Å². The number of para-hydroxylation sites is 1. The van der Waals surface area contributed by atoms with Gasteiger partial charge < -0.3 is 20.1 Å². The molecule has 150 valence electrons. The van der Waals surface area contributed by atoms with Crippen molar-refractivity contribution in [1.29, 1.82) is 0 Å². The van der Waals surface area contributed by atoms with E-state index < -0.39 is 24.4 Å². The maximum atomic E-state index is 12.1. The number of fused-ring (bicyclic) bond motifs is 1. The fourth-order valence-electron chi connectivity index (χ4n) is 2.66. The number of aromatic amines is 1. The predicted octanol–water partition coefficient (Wildman–Crippen LogP) is 1.79. The fraction of sp³-hybridized carbons (Fsp3) is 0.200. The SMILES string of the molecule is COc1ccc(C)cc1NC(=O)CNC(=O)COC(=O)c1n[nH]c2ccccc12. The van der Waals surface area contributed by atoms with Crippen LogP contribution in [0.25, 0.3) is 10.9 Å². The Hall–Kier alpha value is -3.88. The molecule has 1 heterocycles. The van der Waals surface area contributed by atoms with E-state index in [0.29, 0.717) is 22.3 Å². The maximum absolute atomic E-state index is 12.1. The lowest BCUT2D eigenvalue weighted by Gasteiger charge is -2.11. The molecule has 0 radical (unpaired) electrons. The van der Waals surface area contributed by atoms with Crippen LogP contribution >= 0.6 is 0 Å². The number of hydrogen-bond donors (Lipinski definition) is 3. The summed E-state index contributed by atoms with van der Waals surface area (Å²) in [6.45, 7) is 1.08. The standard InChI is InChI=1S/C20H20N4O5/c1-12-7-8-16(28-2)15(9-12)22-17(25)10-21-18(26)11-29-20(27)19-13-5-3-4-6-14(13)23-24-19/h3-9H,10-11H2,1-2H3,(H,21,26)(H,22,25)(H,23,24). The lowest BCUT2D eigenvalue weighted by molar-refractivity contribution is -0.126. The molecule has 0 unspecified atom stereocenters. The van der Waals surface area contributed by atoms with Gasteiger partial charge in [0, 0.05) is 5.39 Å². The molecular weight excluding hydrogens is 376 g/mol. The Labute approximate surface area is 166 Å². The number of rotatable bonds is 7. The molecule has 9 heteroatoms. The Morgan fingerprint density at radius 2 is 1.90 bits per heavy atom. The van der Waals surface area contributed by atoms with E-state index in [2.05, 4.69) is 20.8 Å². The average Bonchev–Trinajstić information content (AvgIpc) is 3.15. The smallest absolute Gasteiger partial charge is 0.359 e.